The normalized spacial score (nSPS) is 17.1. The zero-order valence-corrected chi connectivity index (χ0v) is 17.8. The Kier molecular flexibility index (Phi) is 4.95. The van der Waals surface area contributed by atoms with E-state index >= 15 is 0 Å². The van der Waals surface area contributed by atoms with Gasteiger partial charge in [0.05, 0.1) is 18.2 Å². The summed E-state index contributed by atoms with van der Waals surface area (Å²) in [5, 5.41) is 3.47. The molecule has 3 aromatic carbocycles. The first-order valence-corrected chi connectivity index (χ1v) is 11.5. The molecule has 7 nitrogen and oxygen atoms in total. The smallest absolute Gasteiger partial charge is 0.266 e. The van der Waals surface area contributed by atoms with Gasteiger partial charge in [0, 0.05) is 12.0 Å². The third kappa shape index (κ3) is 3.80. The summed E-state index contributed by atoms with van der Waals surface area (Å²) in [6, 6.07) is 17.7. The summed E-state index contributed by atoms with van der Waals surface area (Å²) in [6.07, 6.45) is 0.862. The van der Waals surface area contributed by atoms with E-state index in [4.69, 9.17) is 21.1 Å². The van der Waals surface area contributed by atoms with Crippen molar-refractivity contribution in [1.82, 2.24) is 4.72 Å². The van der Waals surface area contributed by atoms with E-state index in [2.05, 4.69) is 15.0 Å². The second-order valence-electron chi connectivity index (χ2n) is 7.06. The van der Waals surface area contributed by atoms with Gasteiger partial charge in [0.1, 0.15) is 22.1 Å². The number of hydrogen-bond donors (Lipinski definition) is 2. The third-order valence-electron chi connectivity index (χ3n) is 5.01. The van der Waals surface area contributed by atoms with Gasteiger partial charge in [-0.15, -0.1) is 0 Å². The summed E-state index contributed by atoms with van der Waals surface area (Å²) in [4.78, 5) is 4.51. The average Bonchev–Trinajstić information content (AvgIpc) is 3.23. The fourth-order valence-corrected chi connectivity index (χ4v) is 4.89. The highest BCUT2D eigenvalue weighted by Gasteiger charge is 2.29. The number of ether oxygens (including phenoxy) is 2. The van der Waals surface area contributed by atoms with Crippen molar-refractivity contribution in [1.29, 1.82) is 0 Å². The zero-order valence-electron chi connectivity index (χ0n) is 16.3. The first kappa shape index (κ1) is 19.7. The van der Waals surface area contributed by atoms with Crippen LogP contribution in [0.4, 0.5) is 5.69 Å². The van der Waals surface area contributed by atoms with Gasteiger partial charge < -0.3 is 14.8 Å². The van der Waals surface area contributed by atoms with Crippen molar-refractivity contribution in [3.63, 3.8) is 0 Å². The number of sulfonamides is 1. The second-order valence-corrected chi connectivity index (χ2v) is 9.12. The van der Waals surface area contributed by atoms with E-state index in [0.29, 0.717) is 28.8 Å². The standard InChI is InChI=1S/C22H18ClN3O4S/c23-16-7-1-2-8-17(16)30-18-9-4-10-19-20(18)25-22(26-31(19,27)28)24-13-15-6-3-5-14-11-12-29-21(14)15/h1-10H,11-13H2,(H2,24,25,26). The molecule has 0 fully saturated rings. The van der Waals surface area contributed by atoms with Gasteiger partial charge in [0.25, 0.3) is 10.0 Å². The molecule has 9 heteroatoms. The molecule has 0 spiro atoms. The quantitative estimate of drug-likeness (QED) is 0.611. The molecule has 2 heterocycles. The number of hydrogen-bond acceptors (Lipinski definition) is 5. The van der Waals surface area contributed by atoms with Gasteiger partial charge in [0.2, 0.25) is 5.96 Å². The van der Waals surface area contributed by atoms with Gasteiger partial charge in [-0.1, -0.05) is 48.0 Å². The summed E-state index contributed by atoms with van der Waals surface area (Å²) < 4.78 is 39.7. The molecule has 0 saturated carbocycles. The predicted octanol–water partition coefficient (Wildman–Crippen LogP) is 4.33. The molecular weight excluding hydrogens is 438 g/mol. The molecule has 0 saturated heterocycles. The SMILES string of the molecule is O=S1(=O)NC(=NCc2cccc3c2OCC3)Nc2c(Oc3ccccc3Cl)cccc21. The van der Waals surface area contributed by atoms with Crippen molar-refractivity contribution < 1.29 is 17.9 Å². The Morgan fingerprint density at radius 1 is 1.03 bits per heavy atom. The molecular formula is C22H18ClN3O4S. The molecule has 2 N–H and O–H groups in total. The van der Waals surface area contributed by atoms with Crippen LogP contribution in [0.1, 0.15) is 11.1 Å². The van der Waals surface area contributed by atoms with Gasteiger partial charge in [-0.05, 0) is 29.8 Å². The number of nitrogens with zero attached hydrogens (tertiary/aromatic N) is 1. The van der Waals surface area contributed by atoms with Crippen LogP contribution in [0, 0.1) is 0 Å². The van der Waals surface area contributed by atoms with E-state index in [0.717, 1.165) is 23.3 Å². The van der Waals surface area contributed by atoms with Crippen molar-refractivity contribution in [2.24, 2.45) is 4.99 Å². The Labute approximate surface area is 184 Å². The molecule has 158 valence electrons. The highest BCUT2D eigenvalue weighted by molar-refractivity contribution is 7.90. The van der Waals surface area contributed by atoms with E-state index in [1.807, 2.05) is 18.2 Å². The molecule has 0 aromatic heterocycles. The van der Waals surface area contributed by atoms with E-state index in [9.17, 15) is 8.42 Å². The number of nitrogens with one attached hydrogen (secondary N) is 2. The summed E-state index contributed by atoms with van der Waals surface area (Å²) in [6.45, 7) is 0.904. The molecule has 5 rings (SSSR count). The van der Waals surface area contributed by atoms with Gasteiger partial charge in [-0.2, -0.15) is 0 Å². The van der Waals surface area contributed by atoms with E-state index in [1.54, 1.807) is 36.4 Å². The number of benzene rings is 3. The Morgan fingerprint density at radius 3 is 2.71 bits per heavy atom. The number of fused-ring (bicyclic) bond motifs is 2. The van der Waals surface area contributed by atoms with Crippen LogP contribution in [-0.4, -0.2) is 21.0 Å². The number of guanidine groups is 1. The first-order valence-electron chi connectivity index (χ1n) is 9.64. The van der Waals surface area contributed by atoms with Gasteiger partial charge in [-0.25, -0.2) is 18.1 Å². The number of para-hydroxylation sites is 3. The Hall–Kier alpha value is -3.23. The van der Waals surface area contributed by atoms with Crippen LogP contribution < -0.4 is 19.5 Å². The highest BCUT2D eigenvalue weighted by Crippen LogP contribution is 2.38. The third-order valence-corrected chi connectivity index (χ3v) is 6.71. The van der Waals surface area contributed by atoms with Crippen LogP contribution in [0.5, 0.6) is 17.2 Å². The molecule has 31 heavy (non-hydrogen) atoms. The van der Waals surface area contributed by atoms with Gasteiger partial charge in [-0.3, -0.25) is 0 Å². The lowest BCUT2D eigenvalue weighted by Gasteiger charge is -2.24. The maximum Gasteiger partial charge on any atom is 0.266 e. The molecule has 0 radical (unpaired) electrons. The number of rotatable bonds is 4. The van der Waals surface area contributed by atoms with Crippen LogP contribution in [0.2, 0.25) is 5.02 Å². The van der Waals surface area contributed by atoms with Crippen LogP contribution in [0.3, 0.4) is 0 Å². The molecule has 3 aromatic rings. The lowest BCUT2D eigenvalue weighted by molar-refractivity contribution is 0.353. The summed E-state index contributed by atoms with van der Waals surface area (Å²) in [7, 11) is -3.82. The van der Waals surface area contributed by atoms with Crippen LogP contribution in [0.25, 0.3) is 0 Å². The minimum absolute atomic E-state index is 0.0694. The Bertz CT molecular complexity index is 1310. The lowest BCUT2D eigenvalue weighted by Crippen LogP contribution is -2.40. The van der Waals surface area contributed by atoms with Crippen LogP contribution >= 0.6 is 11.6 Å². The van der Waals surface area contributed by atoms with Crippen molar-refractivity contribution >= 4 is 33.3 Å². The second kappa shape index (κ2) is 7.79. The van der Waals surface area contributed by atoms with Crippen molar-refractivity contribution in [2.45, 2.75) is 17.9 Å². The maximum atomic E-state index is 12.8. The molecule has 2 aliphatic rings. The van der Waals surface area contributed by atoms with Crippen molar-refractivity contribution in [3.05, 3.63) is 76.8 Å². The molecule has 2 aliphatic heterocycles. The zero-order chi connectivity index (χ0) is 21.4. The Balaban J connectivity index is 1.48. The summed E-state index contributed by atoms with van der Waals surface area (Å²) in [5.74, 6) is 1.69. The van der Waals surface area contributed by atoms with Crippen molar-refractivity contribution in [2.75, 3.05) is 11.9 Å². The van der Waals surface area contributed by atoms with Crippen LogP contribution in [0.15, 0.2) is 70.6 Å². The topological polar surface area (TPSA) is 89.0 Å². The average molecular weight is 456 g/mol. The number of anilines is 1. The van der Waals surface area contributed by atoms with Gasteiger partial charge >= 0.3 is 0 Å². The maximum absolute atomic E-state index is 12.8. The summed E-state index contributed by atoms with van der Waals surface area (Å²) >= 11 is 6.19. The number of aliphatic imine (C=N–C) groups is 1. The fourth-order valence-electron chi connectivity index (χ4n) is 3.56. The van der Waals surface area contributed by atoms with Gasteiger partial charge in [0.15, 0.2) is 5.75 Å². The monoisotopic (exact) mass is 455 g/mol. The molecule has 0 unspecified atom stereocenters. The van der Waals surface area contributed by atoms with E-state index in [1.165, 1.54) is 6.07 Å². The predicted molar refractivity (Wildman–Crippen MR) is 119 cm³/mol. The lowest BCUT2D eigenvalue weighted by atomic mass is 10.1. The fraction of sp³-hybridized carbons (Fsp3) is 0.136. The molecule has 0 aliphatic carbocycles. The van der Waals surface area contributed by atoms with E-state index < -0.39 is 10.0 Å². The highest BCUT2D eigenvalue weighted by atomic mass is 35.5. The minimum atomic E-state index is -3.82. The number of halogens is 1. The first-order chi connectivity index (χ1) is 15.0. The Morgan fingerprint density at radius 2 is 1.84 bits per heavy atom. The van der Waals surface area contributed by atoms with Crippen molar-refractivity contribution in [3.8, 4) is 17.2 Å². The van der Waals surface area contributed by atoms with E-state index in [-0.39, 0.29) is 17.4 Å². The molecule has 0 atom stereocenters. The largest absolute Gasteiger partial charge is 0.493 e. The molecule has 0 bridgehead atoms. The summed E-state index contributed by atoms with van der Waals surface area (Å²) in [5.41, 5.74) is 2.33. The molecule has 0 amide bonds. The van der Waals surface area contributed by atoms with Crippen LogP contribution in [-0.2, 0) is 23.0 Å². The minimum Gasteiger partial charge on any atom is -0.493 e.